The van der Waals surface area contributed by atoms with E-state index in [9.17, 15) is 0 Å². The highest BCUT2D eigenvalue weighted by Gasteiger charge is 2.19. The Balaban J connectivity index is 1.45. The predicted molar refractivity (Wildman–Crippen MR) is 109 cm³/mol. The summed E-state index contributed by atoms with van der Waals surface area (Å²) in [6, 6.07) is 10.4. The highest BCUT2D eigenvalue weighted by atomic mass is 16.3. The van der Waals surface area contributed by atoms with Crippen molar-refractivity contribution in [1.82, 2.24) is 25.4 Å². The molecule has 0 spiro atoms. The van der Waals surface area contributed by atoms with E-state index in [1.165, 1.54) is 0 Å². The lowest BCUT2D eigenvalue weighted by atomic mass is 10.2. The molecule has 1 saturated heterocycles. The van der Waals surface area contributed by atoms with Crippen LogP contribution in [0, 0.1) is 0 Å². The fraction of sp³-hybridized carbons (Fsp3) is 0.500. The van der Waals surface area contributed by atoms with Gasteiger partial charge in [-0.1, -0.05) is 18.2 Å². The Morgan fingerprint density at radius 2 is 1.93 bits per heavy atom. The normalized spacial score (nSPS) is 17.7. The summed E-state index contributed by atoms with van der Waals surface area (Å²) in [4.78, 5) is 13.7. The molecule has 0 aliphatic carbocycles. The molecule has 7 nitrogen and oxygen atoms in total. The quantitative estimate of drug-likeness (QED) is 0.595. The molecule has 146 valence electrons. The first kappa shape index (κ1) is 19.4. The van der Waals surface area contributed by atoms with Gasteiger partial charge in [-0.2, -0.15) is 0 Å². The van der Waals surface area contributed by atoms with Crippen molar-refractivity contribution in [2.24, 2.45) is 4.99 Å². The van der Waals surface area contributed by atoms with Crippen LogP contribution in [0.5, 0.6) is 0 Å². The number of nitrogens with zero attached hydrogens (tertiary/aromatic N) is 4. The maximum absolute atomic E-state index is 5.58. The van der Waals surface area contributed by atoms with E-state index in [2.05, 4.69) is 44.4 Å². The number of aromatic nitrogens is 1. The van der Waals surface area contributed by atoms with Crippen LogP contribution in [0.25, 0.3) is 11.5 Å². The molecule has 1 unspecified atom stereocenters. The van der Waals surface area contributed by atoms with E-state index in [4.69, 9.17) is 4.42 Å². The molecule has 1 fully saturated rings. The van der Waals surface area contributed by atoms with E-state index in [0.29, 0.717) is 18.5 Å². The summed E-state index contributed by atoms with van der Waals surface area (Å²) in [5.41, 5.74) is 1.83. The second-order valence-electron chi connectivity index (χ2n) is 7.00. The van der Waals surface area contributed by atoms with Gasteiger partial charge in [0.25, 0.3) is 0 Å². The summed E-state index contributed by atoms with van der Waals surface area (Å²) >= 11 is 0. The summed E-state index contributed by atoms with van der Waals surface area (Å²) in [5.74, 6) is 1.42. The molecule has 0 amide bonds. The molecule has 1 aromatic carbocycles. The SMILES string of the molecule is CN=C(NCc1coc(-c2ccccc2)n1)NCC(C)N1CCN(C)CC1. The summed E-state index contributed by atoms with van der Waals surface area (Å²) in [7, 11) is 3.97. The third-order valence-electron chi connectivity index (χ3n) is 4.96. The molecule has 0 saturated carbocycles. The Labute approximate surface area is 161 Å². The summed E-state index contributed by atoms with van der Waals surface area (Å²) in [6.45, 7) is 8.19. The van der Waals surface area contributed by atoms with Gasteiger partial charge in [0.15, 0.2) is 5.96 Å². The molecular weight excluding hydrogens is 340 g/mol. The Bertz CT molecular complexity index is 721. The van der Waals surface area contributed by atoms with Crippen molar-refractivity contribution in [3.8, 4) is 11.5 Å². The number of aliphatic imine (C=N–C) groups is 1. The van der Waals surface area contributed by atoms with Crippen LogP contribution < -0.4 is 10.6 Å². The van der Waals surface area contributed by atoms with E-state index in [-0.39, 0.29) is 0 Å². The Kier molecular flexibility index (Phi) is 6.84. The van der Waals surface area contributed by atoms with Gasteiger partial charge in [-0.05, 0) is 26.1 Å². The minimum Gasteiger partial charge on any atom is -0.444 e. The van der Waals surface area contributed by atoms with Gasteiger partial charge in [0.05, 0.1) is 12.2 Å². The van der Waals surface area contributed by atoms with Gasteiger partial charge in [-0.3, -0.25) is 9.89 Å². The molecule has 3 rings (SSSR count). The number of likely N-dealkylation sites (N-methyl/N-ethyl adjacent to an activating group) is 1. The second-order valence-corrected chi connectivity index (χ2v) is 7.00. The van der Waals surface area contributed by atoms with Crippen LogP contribution in [0.1, 0.15) is 12.6 Å². The lowest BCUT2D eigenvalue weighted by Gasteiger charge is -2.36. The zero-order valence-electron chi connectivity index (χ0n) is 16.5. The summed E-state index contributed by atoms with van der Waals surface area (Å²) in [5, 5.41) is 6.72. The number of oxazole rings is 1. The number of hydrogen-bond acceptors (Lipinski definition) is 5. The second kappa shape index (κ2) is 9.53. The molecule has 2 N–H and O–H groups in total. The first-order chi connectivity index (χ1) is 13.2. The van der Waals surface area contributed by atoms with E-state index in [1.54, 1.807) is 13.3 Å². The number of piperazine rings is 1. The standard InChI is InChI=1S/C20H30N6O/c1-16(26-11-9-25(3)10-12-26)13-22-20(21-2)23-14-18-15-27-19(24-18)17-7-5-4-6-8-17/h4-8,15-16H,9-14H2,1-3H3,(H2,21,22,23). The molecule has 0 bridgehead atoms. The zero-order valence-corrected chi connectivity index (χ0v) is 16.5. The summed E-state index contributed by atoms with van der Waals surface area (Å²) in [6.07, 6.45) is 1.69. The Morgan fingerprint density at radius 1 is 1.19 bits per heavy atom. The maximum atomic E-state index is 5.58. The fourth-order valence-corrected chi connectivity index (χ4v) is 3.13. The number of hydrogen-bond donors (Lipinski definition) is 2. The van der Waals surface area contributed by atoms with Crippen molar-refractivity contribution in [2.45, 2.75) is 19.5 Å². The van der Waals surface area contributed by atoms with Gasteiger partial charge in [0.2, 0.25) is 5.89 Å². The Hall–Kier alpha value is -2.38. The van der Waals surface area contributed by atoms with Crippen molar-refractivity contribution in [1.29, 1.82) is 0 Å². The van der Waals surface area contributed by atoms with Crippen LogP contribution in [-0.2, 0) is 6.54 Å². The molecule has 2 aromatic rings. The average molecular weight is 371 g/mol. The molecule has 2 heterocycles. The largest absolute Gasteiger partial charge is 0.444 e. The van der Waals surface area contributed by atoms with Crippen LogP contribution in [-0.4, -0.2) is 73.6 Å². The molecule has 1 aliphatic heterocycles. The van der Waals surface area contributed by atoms with Crippen molar-refractivity contribution >= 4 is 5.96 Å². The first-order valence-corrected chi connectivity index (χ1v) is 9.52. The van der Waals surface area contributed by atoms with E-state index >= 15 is 0 Å². The predicted octanol–water partition coefficient (Wildman–Crippen LogP) is 1.64. The third-order valence-corrected chi connectivity index (χ3v) is 4.96. The highest BCUT2D eigenvalue weighted by molar-refractivity contribution is 5.79. The van der Waals surface area contributed by atoms with Crippen molar-refractivity contribution < 1.29 is 4.42 Å². The number of nitrogens with one attached hydrogen (secondary N) is 2. The lowest BCUT2D eigenvalue weighted by Crippen LogP contribution is -2.52. The smallest absolute Gasteiger partial charge is 0.226 e. The Morgan fingerprint density at radius 3 is 2.63 bits per heavy atom. The van der Waals surface area contributed by atoms with Gasteiger partial charge < -0.3 is 20.0 Å². The van der Waals surface area contributed by atoms with Gasteiger partial charge in [0, 0.05) is 51.4 Å². The van der Waals surface area contributed by atoms with Crippen LogP contribution in [0.15, 0.2) is 46.0 Å². The third kappa shape index (κ3) is 5.55. The van der Waals surface area contributed by atoms with Crippen LogP contribution >= 0.6 is 0 Å². The molecule has 7 heteroatoms. The molecule has 1 aromatic heterocycles. The minimum atomic E-state index is 0.467. The highest BCUT2D eigenvalue weighted by Crippen LogP contribution is 2.17. The molecule has 27 heavy (non-hydrogen) atoms. The number of rotatable bonds is 6. The van der Waals surface area contributed by atoms with Gasteiger partial charge in [-0.25, -0.2) is 4.98 Å². The summed E-state index contributed by atoms with van der Waals surface area (Å²) < 4.78 is 5.58. The average Bonchev–Trinajstić information content (AvgIpc) is 3.18. The monoisotopic (exact) mass is 370 g/mol. The lowest BCUT2D eigenvalue weighted by molar-refractivity contribution is 0.120. The molecule has 0 radical (unpaired) electrons. The van der Waals surface area contributed by atoms with Crippen molar-refractivity contribution in [2.75, 3.05) is 46.8 Å². The molecule has 1 aliphatic rings. The topological polar surface area (TPSA) is 68.9 Å². The number of benzene rings is 1. The van der Waals surface area contributed by atoms with E-state index in [0.717, 1.165) is 49.9 Å². The van der Waals surface area contributed by atoms with E-state index in [1.807, 2.05) is 30.3 Å². The fourth-order valence-electron chi connectivity index (χ4n) is 3.13. The van der Waals surface area contributed by atoms with Gasteiger partial charge >= 0.3 is 0 Å². The van der Waals surface area contributed by atoms with Gasteiger partial charge in [0.1, 0.15) is 6.26 Å². The number of guanidine groups is 1. The van der Waals surface area contributed by atoms with E-state index < -0.39 is 0 Å². The molecule has 1 atom stereocenters. The maximum Gasteiger partial charge on any atom is 0.226 e. The van der Waals surface area contributed by atoms with Crippen LogP contribution in [0.4, 0.5) is 0 Å². The van der Waals surface area contributed by atoms with Crippen LogP contribution in [0.2, 0.25) is 0 Å². The first-order valence-electron chi connectivity index (χ1n) is 9.52. The zero-order chi connectivity index (χ0) is 19.1. The van der Waals surface area contributed by atoms with Crippen molar-refractivity contribution in [3.63, 3.8) is 0 Å². The molecular formula is C20H30N6O. The van der Waals surface area contributed by atoms with Crippen molar-refractivity contribution in [3.05, 3.63) is 42.3 Å². The minimum absolute atomic E-state index is 0.467. The van der Waals surface area contributed by atoms with Gasteiger partial charge in [-0.15, -0.1) is 0 Å². The van der Waals surface area contributed by atoms with Crippen LogP contribution in [0.3, 0.4) is 0 Å².